The zero-order valence-electron chi connectivity index (χ0n) is 73.7. The van der Waals surface area contributed by atoms with Gasteiger partial charge in [0.25, 0.3) is 0 Å². The molecular weight excluding hydrogens is 1450 g/mol. The average molecular weight is 1630 g/mol. The molecule has 0 aliphatic carbocycles. The van der Waals surface area contributed by atoms with Gasteiger partial charge < -0.3 is 33.8 Å². The largest absolute Gasteiger partial charge is 0.472 e. The molecule has 0 saturated carbocycles. The van der Waals surface area contributed by atoms with E-state index in [1.54, 1.807) is 0 Å². The fourth-order valence-electron chi connectivity index (χ4n) is 14.8. The minimum absolute atomic E-state index is 0.109. The minimum atomic E-state index is -4.97. The first-order valence-electron chi connectivity index (χ1n) is 48.3. The van der Waals surface area contributed by atoms with Crippen LogP contribution in [0.15, 0.2) is 0 Å². The summed E-state index contributed by atoms with van der Waals surface area (Å²) < 4.78 is 69.1. The topological polar surface area (TPSA) is 237 Å². The van der Waals surface area contributed by atoms with Crippen molar-refractivity contribution >= 4 is 39.5 Å². The maximum atomic E-state index is 13.2. The second-order valence-electron chi connectivity index (χ2n) is 33.4. The van der Waals surface area contributed by atoms with E-state index in [-0.39, 0.29) is 25.7 Å². The average Bonchev–Trinajstić information content (AvgIpc) is 0.900. The van der Waals surface area contributed by atoms with E-state index in [1.165, 1.54) is 347 Å². The third-order valence-corrected chi connectivity index (χ3v) is 24.0. The SMILES string of the molecule is CCCCCCCCCCCCCCCCCCCCCCCCC(=O)OC[C@H](COP(=O)(O)OC[C@@H](O)COP(=O)(O)OC[C@@H](COC(=O)CCCCCCCCCCCCCC)OC(=O)CCCCCCCCCCCCCCCCCC)OC(=O)CCCCCCCCCCCCCCCCCCCCCCCC. The van der Waals surface area contributed by atoms with Gasteiger partial charge in [0.05, 0.1) is 26.4 Å². The van der Waals surface area contributed by atoms with Crippen molar-refractivity contribution in [3.8, 4) is 0 Å². The zero-order chi connectivity index (χ0) is 81.7. The van der Waals surface area contributed by atoms with Crippen LogP contribution >= 0.6 is 15.6 Å². The highest BCUT2D eigenvalue weighted by atomic mass is 31.2. The summed E-state index contributed by atoms with van der Waals surface area (Å²) in [5.74, 6) is -2.09. The Labute approximate surface area is 689 Å². The summed E-state index contributed by atoms with van der Waals surface area (Å²) in [6, 6.07) is 0. The first-order chi connectivity index (χ1) is 54.7. The fraction of sp³-hybridized carbons (Fsp3) is 0.957. The number of carbonyl (C=O) groups is 4. The zero-order valence-corrected chi connectivity index (χ0v) is 75.5. The molecule has 3 N–H and O–H groups in total. The summed E-state index contributed by atoms with van der Waals surface area (Å²) in [7, 11) is -9.94. The number of hydrogen-bond acceptors (Lipinski definition) is 15. The third-order valence-electron chi connectivity index (χ3n) is 22.1. The number of rotatable bonds is 94. The number of aliphatic hydroxyl groups excluding tert-OH is 1. The van der Waals surface area contributed by atoms with Crippen LogP contribution < -0.4 is 0 Å². The van der Waals surface area contributed by atoms with Gasteiger partial charge in [0.2, 0.25) is 0 Å². The van der Waals surface area contributed by atoms with Gasteiger partial charge in [-0.3, -0.25) is 37.3 Å². The fourth-order valence-corrected chi connectivity index (χ4v) is 16.3. The monoisotopic (exact) mass is 1630 g/mol. The van der Waals surface area contributed by atoms with Crippen LogP contribution in [0.5, 0.6) is 0 Å². The lowest BCUT2D eigenvalue weighted by atomic mass is 10.0. The van der Waals surface area contributed by atoms with E-state index in [4.69, 9.17) is 37.0 Å². The summed E-state index contributed by atoms with van der Waals surface area (Å²) in [6.07, 6.45) is 84.9. The van der Waals surface area contributed by atoms with Crippen LogP contribution in [-0.2, 0) is 65.4 Å². The van der Waals surface area contributed by atoms with Crippen molar-refractivity contribution in [2.24, 2.45) is 0 Å². The van der Waals surface area contributed by atoms with Crippen molar-refractivity contribution in [2.45, 2.75) is 534 Å². The Morgan fingerprint density at radius 1 is 0.214 bits per heavy atom. The first-order valence-corrected chi connectivity index (χ1v) is 51.3. The molecule has 0 aromatic rings. The van der Waals surface area contributed by atoms with E-state index in [9.17, 15) is 43.2 Å². The lowest BCUT2D eigenvalue weighted by molar-refractivity contribution is -0.161. The van der Waals surface area contributed by atoms with Crippen LogP contribution in [0.25, 0.3) is 0 Å². The molecule has 0 spiro atoms. The molecule has 0 aromatic heterocycles. The molecule has 0 radical (unpaired) electrons. The Bertz CT molecular complexity index is 2100. The summed E-state index contributed by atoms with van der Waals surface area (Å²) in [5.41, 5.74) is 0. The molecule has 0 aromatic carbocycles. The van der Waals surface area contributed by atoms with E-state index in [1.807, 2.05) is 0 Å². The predicted molar refractivity (Wildman–Crippen MR) is 465 cm³/mol. The van der Waals surface area contributed by atoms with Crippen molar-refractivity contribution in [1.29, 1.82) is 0 Å². The molecule has 17 nitrogen and oxygen atoms in total. The normalized spacial score (nSPS) is 13.6. The maximum Gasteiger partial charge on any atom is 0.472 e. The van der Waals surface area contributed by atoms with Crippen LogP contribution in [-0.4, -0.2) is 96.7 Å². The summed E-state index contributed by atoms with van der Waals surface area (Å²) in [4.78, 5) is 73.5. The number of unbranched alkanes of at least 4 members (excludes halogenated alkanes) is 68. The van der Waals surface area contributed by atoms with E-state index in [0.29, 0.717) is 25.7 Å². The molecule has 0 fully saturated rings. The highest BCUT2D eigenvalue weighted by Gasteiger charge is 2.31. The highest BCUT2D eigenvalue weighted by Crippen LogP contribution is 2.45. The number of ether oxygens (including phenoxy) is 4. The van der Waals surface area contributed by atoms with Crippen LogP contribution in [0, 0.1) is 0 Å². The number of aliphatic hydroxyl groups is 1. The standard InChI is InChI=1S/C93H182O17P2/c1-5-9-13-17-21-25-29-33-36-39-41-43-45-47-49-52-54-58-62-66-70-74-78-91(96)104-84-89(110-93(98)80-76-72-68-64-60-56-53-50-48-46-44-42-40-37-34-30-26-22-18-14-10-6-2)86-108-112(101,102)106-82-87(94)81-105-111(99,100)107-85-88(83-103-90(95)77-73-69-65-61-57-32-28-24-20-16-12-8-4)109-92(97)79-75-71-67-63-59-55-51-38-35-31-27-23-19-15-11-7-3/h87-89,94H,5-86H2,1-4H3,(H,99,100)(H,101,102)/t87-,88+,89+/m0/s1. The molecule has 5 atom stereocenters. The lowest BCUT2D eigenvalue weighted by Crippen LogP contribution is -2.30. The molecule has 2 unspecified atom stereocenters. The minimum Gasteiger partial charge on any atom is -0.462 e. The molecule has 0 bridgehead atoms. The van der Waals surface area contributed by atoms with Crippen molar-refractivity contribution < 1.29 is 80.2 Å². The molecule has 0 aliphatic heterocycles. The van der Waals surface area contributed by atoms with Gasteiger partial charge >= 0.3 is 39.5 Å². The summed E-state index contributed by atoms with van der Waals surface area (Å²) >= 11 is 0. The number of phosphoric ester groups is 2. The van der Waals surface area contributed by atoms with Gasteiger partial charge in [-0.1, -0.05) is 464 Å². The van der Waals surface area contributed by atoms with Gasteiger partial charge in [0.1, 0.15) is 19.3 Å². The smallest absolute Gasteiger partial charge is 0.462 e. The molecule has 0 rings (SSSR count). The predicted octanol–water partition coefficient (Wildman–Crippen LogP) is 29.3. The van der Waals surface area contributed by atoms with Crippen molar-refractivity contribution in [3.63, 3.8) is 0 Å². The lowest BCUT2D eigenvalue weighted by Gasteiger charge is -2.21. The Kier molecular flexibility index (Phi) is 85.4. The molecule has 19 heteroatoms. The Morgan fingerprint density at radius 2 is 0.357 bits per heavy atom. The Balaban J connectivity index is 5.22. The van der Waals surface area contributed by atoms with Crippen molar-refractivity contribution in [3.05, 3.63) is 0 Å². The van der Waals surface area contributed by atoms with Gasteiger partial charge in [-0.15, -0.1) is 0 Å². The van der Waals surface area contributed by atoms with Crippen LogP contribution in [0.2, 0.25) is 0 Å². The van der Waals surface area contributed by atoms with Crippen LogP contribution in [0.4, 0.5) is 0 Å². The second-order valence-corrected chi connectivity index (χ2v) is 36.3. The summed E-state index contributed by atoms with van der Waals surface area (Å²) in [6.45, 7) is 5.10. The van der Waals surface area contributed by atoms with Gasteiger partial charge in [-0.05, 0) is 25.7 Å². The third kappa shape index (κ3) is 85.9. The van der Waals surface area contributed by atoms with Gasteiger partial charge in [-0.2, -0.15) is 0 Å². The molecule has 0 amide bonds. The van der Waals surface area contributed by atoms with Gasteiger partial charge in [-0.25, -0.2) is 9.13 Å². The Morgan fingerprint density at radius 3 is 0.527 bits per heavy atom. The number of esters is 4. The maximum absolute atomic E-state index is 13.2. The van der Waals surface area contributed by atoms with E-state index in [0.717, 1.165) is 89.9 Å². The summed E-state index contributed by atoms with van der Waals surface area (Å²) in [5, 5.41) is 10.7. The Hall–Kier alpha value is -1.94. The van der Waals surface area contributed by atoms with E-state index >= 15 is 0 Å². The van der Waals surface area contributed by atoms with Crippen molar-refractivity contribution in [2.75, 3.05) is 39.6 Å². The quantitative estimate of drug-likeness (QED) is 0.0222. The molecule has 0 heterocycles. The van der Waals surface area contributed by atoms with E-state index < -0.39 is 97.5 Å². The molecule has 666 valence electrons. The van der Waals surface area contributed by atoms with Gasteiger partial charge in [0, 0.05) is 25.7 Å². The van der Waals surface area contributed by atoms with Gasteiger partial charge in [0.15, 0.2) is 12.2 Å². The molecule has 112 heavy (non-hydrogen) atoms. The second kappa shape index (κ2) is 86.9. The number of hydrogen-bond donors (Lipinski definition) is 3. The van der Waals surface area contributed by atoms with Crippen LogP contribution in [0.3, 0.4) is 0 Å². The molecular formula is C93H182O17P2. The first kappa shape index (κ1) is 110. The highest BCUT2D eigenvalue weighted by molar-refractivity contribution is 7.47. The number of phosphoric acid groups is 2. The van der Waals surface area contributed by atoms with Crippen molar-refractivity contribution in [1.82, 2.24) is 0 Å². The molecule has 0 aliphatic rings. The molecule has 0 saturated heterocycles. The van der Waals surface area contributed by atoms with Crippen LogP contribution in [0.1, 0.15) is 516 Å². The van der Waals surface area contributed by atoms with E-state index in [2.05, 4.69) is 27.7 Å². The number of carbonyl (C=O) groups excluding carboxylic acids is 4.